The first-order chi connectivity index (χ1) is 11.4. The Morgan fingerprint density at radius 3 is 2.96 bits per heavy atom. The second-order valence-corrected chi connectivity index (χ2v) is 6.69. The average Bonchev–Trinajstić information content (AvgIpc) is 3.24. The molecular formula is C17H19N5S. The molecule has 0 radical (unpaired) electrons. The van der Waals surface area contributed by atoms with Gasteiger partial charge < -0.3 is 4.90 Å². The van der Waals surface area contributed by atoms with E-state index >= 15 is 0 Å². The molecular weight excluding hydrogens is 306 g/mol. The molecule has 5 nitrogen and oxygen atoms in total. The van der Waals surface area contributed by atoms with Crippen molar-refractivity contribution in [2.75, 3.05) is 23.5 Å². The van der Waals surface area contributed by atoms with Crippen LogP contribution in [0.25, 0.3) is 17.0 Å². The van der Waals surface area contributed by atoms with Crippen molar-refractivity contribution in [2.45, 2.75) is 18.9 Å². The van der Waals surface area contributed by atoms with Crippen LogP contribution in [0.2, 0.25) is 0 Å². The highest BCUT2D eigenvalue weighted by atomic mass is 32.2. The van der Waals surface area contributed by atoms with E-state index in [0.717, 1.165) is 29.4 Å². The first-order valence-corrected chi connectivity index (χ1v) is 9.28. The Balaban J connectivity index is 1.83. The van der Waals surface area contributed by atoms with E-state index < -0.39 is 0 Å². The van der Waals surface area contributed by atoms with E-state index in [0.29, 0.717) is 11.8 Å². The summed E-state index contributed by atoms with van der Waals surface area (Å²) in [5.74, 6) is 2.90. The summed E-state index contributed by atoms with van der Waals surface area (Å²) in [4.78, 5) is 11.4. The topological polar surface area (TPSA) is 46.3 Å². The minimum absolute atomic E-state index is 0.559. The summed E-state index contributed by atoms with van der Waals surface area (Å²) in [6, 6.07) is 13.0. The molecule has 23 heavy (non-hydrogen) atoms. The Labute approximate surface area is 139 Å². The van der Waals surface area contributed by atoms with Crippen LogP contribution in [0.15, 0.2) is 42.7 Å². The summed E-state index contributed by atoms with van der Waals surface area (Å²) < 4.78 is 1.87. The van der Waals surface area contributed by atoms with Crippen molar-refractivity contribution in [1.29, 1.82) is 0 Å². The molecule has 1 aliphatic heterocycles. The number of hydrogen-bond acceptors (Lipinski definition) is 5. The fraction of sp³-hybridized carbons (Fsp3) is 0.353. The lowest BCUT2D eigenvalue weighted by atomic mass is 10.1. The molecule has 0 spiro atoms. The van der Waals surface area contributed by atoms with E-state index in [2.05, 4.69) is 44.4 Å². The lowest BCUT2D eigenvalue weighted by Crippen LogP contribution is -2.33. The van der Waals surface area contributed by atoms with E-state index in [1.807, 2.05) is 34.5 Å². The number of rotatable bonds is 4. The van der Waals surface area contributed by atoms with E-state index in [1.54, 1.807) is 6.33 Å². The van der Waals surface area contributed by atoms with Crippen molar-refractivity contribution in [1.82, 2.24) is 19.6 Å². The summed E-state index contributed by atoms with van der Waals surface area (Å²) in [6.07, 6.45) is 6.22. The van der Waals surface area contributed by atoms with Crippen molar-refractivity contribution >= 4 is 23.4 Å². The molecule has 0 N–H and O–H groups in total. The molecule has 3 aromatic rings. The Morgan fingerprint density at radius 1 is 1.26 bits per heavy atom. The minimum Gasteiger partial charge on any atom is -0.353 e. The molecule has 4 rings (SSSR count). The Morgan fingerprint density at radius 2 is 2.13 bits per heavy atom. The molecule has 1 unspecified atom stereocenters. The zero-order valence-corrected chi connectivity index (χ0v) is 13.9. The van der Waals surface area contributed by atoms with Crippen LogP contribution in [0, 0.1) is 0 Å². The van der Waals surface area contributed by atoms with Crippen LogP contribution < -0.4 is 4.90 Å². The largest absolute Gasteiger partial charge is 0.353 e. The molecule has 1 saturated heterocycles. The molecule has 2 aromatic heterocycles. The minimum atomic E-state index is 0.559. The summed E-state index contributed by atoms with van der Waals surface area (Å²) in [5.41, 5.74) is 2.07. The molecule has 1 atom stereocenters. The lowest BCUT2D eigenvalue weighted by Gasteiger charge is -2.26. The number of thioether (sulfide) groups is 1. The molecule has 0 bridgehead atoms. The van der Waals surface area contributed by atoms with Crippen molar-refractivity contribution < 1.29 is 0 Å². The molecule has 0 saturated carbocycles. The quantitative estimate of drug-likeness (QED) is 0.737. The highest BCUT2D eigenvalue weighted by molar-refractivity contribution is 7.98. The SMILES string of the molecule is CSCC1CCCN1c1cc(-c2ccccc2)nc2ncnn12. The van der Waals surface area contributed by atoms with E-state index in [9.17, 15) is 0 Å². The number of hydrogen-bond donors (Lipinski definition) is 0. The first kappa shape index (κ1) is 14.5. The Hall–Kier alpha value is -2.08. The third-order valence-electron chi connectivity index (χ3n) is 4.33. The lowest BCUT2D eigenvalue weighted by molar-refractivity contribution is 0.722. The van der Waals surface area contributed by atoms with Gasteiger partial charge in [-0.25, -0.2) is 4.98 Å². The average molecular weight is 325 g/mol. The van der Waals surface area contributed by atoms with Gasteiger partial charge in [0.15, 0.2) is 0 Å². The molecule has 0 aliphatic carbocycles. The molecule has 6 heteroatoms. The first-order valence-electron chi connectivity index (χ1n) is 7.88. The van der Waals surface area contributed by atoms with Gasteiger partial charge in [-0.05, 0) is 19.1 Å². The van der Waals surface area contributed by atoms with Crippen molar-refractivity contribution in [2.24, 2.45) is 0 Å². The van der Waals surface area contributed by atoms with Crippen LogP contribution in [-0.4, -0.2) is 44.2 Å². The number of nitrogens with zero attached hydrogens (tertiary/aromatic N) is 5. The van der Waals surface area contributed by atoms with Gasteiger partial charge in [-0.1, -0.05) is 30.3 Å². The van der Waals surface area contributed by atoms with Crippen LogP contribution in [0.5, 0.6) is 0 Å². The third kappa shape index (κ3) is 2.67. The number of fused-ring (bicyclic) bond motifs is 1. The van der Waals surface area contributed by atoms with Gasteiger partial charge in [-0.3, -0.25) is 0 Å². The van der Waals surface area contributed by atoms with Gasteiger partial charge in [0.1, 0.15) is 12.1 Å². The number of benzene rings is 1. The van der Waals surface area contributed by atoms with Crippen molar-refractivity contribution in [3.05, 3.63) is 42.7 Å². The standard InChI is InChI=1S/C17H19N5S/c1-23-11-14-8-5-9-21(14)16-10-15(13-6-3-2-4-7-13)20-17-18-12-19-22(16)17/h2-4,6-7,10,12,14H,5,8-9,11H2,1H3. The molecule has 1 aromatic carbocycles. The summed E-state index contributed by atoms with van der Waals surface area (Å²) in [5, 5.41) is 4.39. The smallest absolute Gasteiger partial charge is 0.254 e. The van der Waals surface area contributed by atoms with Gasteiger partial charge in [-0.15, -0.1) is 0 Å². The normalized spacial score (nSPS) is 18.0. The van der Waals surface area contributed by atoms with Gasteiger partial charge in [-0.2, -0.15) is 26.4 Å². The Kier molecular flexibility index (Phi) is 3.91. The monoisotopic (exact) mass is 325 g/mol. The molecule has 0 amide bonds. The fourth-order valence-electron chi connectivity index (χ4n) is 3.26. The second-order valence-electron chi connectivity index (χ2n) is 5.78. The number of aromatic nitrogens is 4. The van der Waals surface area contributed by atoms with Crippen LogP contribution in [0.1, 0.15) is 12.8 Å². The van der Waals surface area contributed by atoms with Crippen molar-refractivity contribution in [3.63, 3.8) is 0 Å². The van der Waals surface area contributed by atoms with Gasteiger partial charge >= 0.3 is 0 Å². The van der Waals surface area contributed by atoms with Crippen LogP contribution >= 0.6 is 11.8 Å². The highest BCUT2D eigenvalue weighted by Gasteiger charge is 2.27. The maximum atomic E-state index is 4.67. The van der Waals surface area contributed by atoms with Crippen LogP contribution in [-0.2, 0) is 0 Å². The molecule has 1 fully saturated rings. The van der Waals surface area contributed by atoms with E-state index in [-0.39, 0.29) is 0 Å². The van der Waals surface area contributed by atoms with Gasteiger partial charge in [0.05, 0.1) is 5.69 Å². The second kappa shape index (κ2) is 6.20. The number of anilines is 1. The zero-order valence-electron chi connectivity index (χ0n) is 13.1. The Bertz CT molecular complexity index is 801. The van der Waals surface area contributed by atoms with Gasteiger partial charge in [0.2, 0.25) is 0 Å². The van der Waals surface area contributed by atoms with Crippen LogP contribution in [0.4, 0.5) is 5.82 Å². The highest BCUT2D eigenvalue weighted by Crippen LogP contribution is 2.30. The third-order valence-corrected chi connectivity index (χ3v) is 5.05. The maximum absolute atomic E-state index is 4.67. The fourth-order valence-corrected chi connectivity index (χ4v) is 3.99. The summed E-state index contributed by atoms with van der Waals surface area (Å²) in [7, 11) is 0. The van der Waals surface area contributed by atoms with E-state index in [4.69, 9.17) is 0 Å². The predicted molar refractivity (Wildman–Crippen MR) is 95.0 cm³/mol. The van der Waals surface area contributed by atoms with Crippen LogP contribution in [0.3, 0.4) is 0 Å². The summed E-state index contributed by atoms with van der Waals surface area (Å²) in [6.45, 7) is 1.07. The predicted octanol–water partition coefficient (Wildman–Crippen LogP) is 3.12. The van der Waals surface area contributed by atoms with E-state index in [1.165, 1.54) is 12.8 Å². The van der Waals surface area contributed by atoms with Gasteiger partial charge in [0.25, 0.3) is 5.78 Å². The van der Waals surface area contributed by atoms with Gasteiger partial charge in [0, 0.05) is 30.0 Å². The van der Waals surface area contributed by atoms with Crippen molar-refractivity contribution in [3.8, 4) is 11.3 Å². The maximum Gasteiger partial charge on any atom is 0.254 e. The zero-order chi connectivity index (χ0) is 15.6. The molecule has 3 heterocycles. The summed E-state index contributed by atoms with van der Waals surface area (Å²) >= 11 is 1.90. The molecule has 118 valence electrons. The molecule has 1 aliphatic rings.